The first-order valence-corrected chi connectivity index (χ1v) is 4.00. The van der Waals surface area contributed by atoms with Gasteiger partial charge in [-0.3, -0.25) is 4.79 Å². The molecule has 0 aromatic rings. The van der Waals surface area contributed by atoms with E-state index in [1.807, 2.05) is 13.8 Å². The normalized spacial score (nSPS) is 11.6. The van der Waals surface area contributed by atoms with Gasteiger partial charge in [0.25, 0.3) is 0 Å². The lowest BCUT2D eigenvalue weighted by atomic mass is 10.3. The first kappa shape index (κ1) is 10.8. The summed E-state index contributed by atoms with van der Waals surface area (Å²) in [5, 5.41) is 3.33. The van der Waals surface area contributed by atoms with E-state index >= 15 is 0 Å². The van der Waals surface area contributed by atoms with E-state index in [-0.39, 0.29) is 5.91 Å². The fourth-order valence-electron chi connectivity index (χ4n) is 0.926. The largest absolute Gasteiger partial charge is 0.343 e. The van der Waals surface area contributed by atoms with Gasteiger partial charge in [-0.25, -0.2) is 0 Å². The number of rotatable bonds is 4. The molecule has 0 bridgehead atoms. The van der Waals surface area contributed by atoms with Gasteiger partial charge >= 0.3 is 0 Å². The molecule has 0 unspecified atom stereocenters. The van der Waals surface area contributed by atoms with Crippen molar-refractivity contribution in [2.45, 2.75) is 26.8 Å². The SMILES string of the molecule is CCN(CC)C(=O)[C@H](C)N=[N+]=[N-]. The average molecular weight is 170 g/mol. The Balaban J connectivity index is 4.24. The van der Waals surface area contributed by atoms with Crippen LogP contribution in [0.4, 0.5) is 0 Å². The van der Waals surface area contributed by atoms with Gasteiger partial charge in [-0.15, -0.1) is 0 Å². The maximum atomic E-state index is 11.4. The molecule has 0 saturated carbocycles. The van der Waals surface area contributed by atoms with E-state index in [1.54, 1.807) is 11.8 Å². The third-order valence-electron chi connectivity index (χ3n) is 1.66. The second-order valence-electron chi connectivity index (χ2n) is 2.39. The van der Waals surface area contributed by atoms with Crippen molar-refractivity contribution < 1.29 is 4.79 Å². The quantitative estimate of drug-likeness (QED) is 0.358. The minimum absolute atomic E-state index is 0.113. The molecule has 1 atom stereocenters. The summed E-state index contributed by atoms with van der Waals surface area (Å²) in [5.41, 5.74) is 8.10. The minimum Gasteiger partial charge on any atom is -0.343 e. The van der Waals surface area contributed by atoms with Crippen LogP contribution in [-0.4, -0.2) is 29.9 Å². The zero-order valence-electron chi connectivity index (χ0n) is 7.69. The predicted molar refractivity (Wildman–Crippen MR) is 46.5 cm³/mol. The first-order chi connectivity index (χ1) is 5.67. The fourth-order valence-corrected chi connectivity index (χ4v) is 0.926. The van der Waals surface area contributed by atoms with Crippen molar-refractivity contribution in [3.05, 3.63) is 10.4 Å². The number of amides is 1. The first-order valence-electron chi connectivity index (χ1n) is 4.00. The van der Waals surface area contributed by atoms with Crippen LogP contribution in [0.15, 0.2) is 5.11 Å². The summed E-state index contributed by atoms with van der Waals surface area (Å²) in [6, 6.07) is -0.588. The average Bonchev–Trinajstić information content (AvgIpc) is 2.07. The molecular weight excluding hydrogens is 156 g/mol. The van der Waals surface area contributed by atoms with Crippen LogP contribution in [0.1, 0.15) is 20.8 Å². The Hall–Kier alpha value is -1.22. The zero-order valence-corrected chi connectivity index (χ0v) is 7.69. The molecular formula is C7H14N4O. The monoisotopic (exact) mass is 170 g/mol. The molecule has 1 amide bonds. The van der Waals surface area contributed by atoms with Gasteiger partial charge in [0.15, 0.2) is 0 Å². The van der Waals surface area contributed by atoms with Gasteiger partial charge < -0.3 is 4.90 Å². The summed E-state index contributed by atoms with van der Waals surface area (Å²) in [7, 11) is 0. The third-order valence-corrected chi connectivity index (χ3v) is 1.66. The van der Waals surface area contributed by atoms with Crippen LogP contribution >= 0.6 is 0 Å². The van der Waals surface area contributed by atoms with Crippen LogP contribution in [0.5, 0.6) is 0 Å². The lowest BCUT2D eigenvalue weighted by Crippen LogP contribution is -2.36. The van der Waals surface area contributed by atoms with Crippen molar-refractivity contribution in [3.63, 3.8) is 0 Å². The lowest BCUT2D eigenvalue weighted by molar-refractivity contribution is -0.131. The summed E-state index contributed by atoms with van der Waals surface area (Å²) >= 11 is 0. The second kappa shape index (κ2) is 5.43. The molecule has 0 saturated heterocycles. The molecule has 0 aliphatic rings. The highest BCUT2D eigenvalue weighted by Crippen LogP contribution is 1.98. The Kier molecular flexibility index (Phi) is 4.88. The molecule has 0 aromatic carbocycles. The van der Waals surface area contributed by atoms with Gasteiger partial charge in [-0.05, 0) is 26.3 Å². The van der Waals surface area contributed by atoms with Gasteiger partial charge in [0.2, 0.25) is 5.91 Å². The standard InChI is InChI=1S/C7H14N4O/c1-4-11(5-2)7(12)6(3)9-10-8/h6H,4-5H2,1-3H3/t6-/m0/s1. The number of hydrogen-bond donors (Lipinski definition) is 0. The minimum atomic E-state index is -0.588. The number of azide groups is 1. The van der Waals surface area contributed by atoms with Crippen LogP contribution < -0.4 is 0 Å². The molecule has 0 rings (SSSR count). The summed E-state index contributed by atoms with van der Waals surface area (Å²) in [6.07, 6.45) is 0. The Morgan fingerprint density at radius 1 is 1.58 bits per heavy atom. The molecule has 68 valence electrons. The molecule has 0 spiro atoms. The van der Waals surface area contributed by atoms with Crippen LogP contribution in [0.2, 0.25) is 0 Å². The van der Waals surface area contributed by atoms with Gasteiger partial charge in [-0.1, -0.05) is 5.11 Å². The van der Waals surface area contributed by atoms with Crippen LogP contribution in [0, 0.1) is 0 Å². The summed E-state index contributed by atoms with van der Waals surface area (Å²) in [5.74, 6) is -0.113. The van der Waals surface area contributed by atoms with Crippen LogP contribution in [-0.2, 0) is 4.79 Å². The maximum Gasteiger partial charge on any atom is 0.231 e. The van der Waals surface area contributed by atoms with Crippen molar-refractivity contribution in [2.75, 3.05) is 13.1 Å². The molecule has 0 aliphatic carbocycles. The fraction of sp³-hybridized carbons (Fsp3) is 0.857. The number of nitrogens with zero attached hydrogens (tertiary/aromatic N) is 4. The number of carbonyl (C=O) groups excluding carboxylic acids is 1. The van der Waals surface area contributed by atoms with Crippen molar-refractivity contribution in [1.82, 2.24) is 4.90 Å². The topological polar surface area (TPSA) is 69.1 Å². The molecule has 0 aliphatic heterocycles. The zero-order chi connectivity index (χ0) is 9.56. The maximum absolute atomic E-state index is 11.4. The molecule has 0 fully saturated rings. The van der Waals surface area contributed by atoms with Gasteiger partial charge in [-0.2, -0.15) is 0 Å². The van der Waals surface area contributed by atoms with Gasteiger partial charge in [0.1, 0.15) is 6.04 Å². The van der Waals surface area contributed by atoms with Crippen molar-refractivity contribution in [1.29, 1.82) is 0 Å². The van der Waals surface area contributed by atoms with Crippen molar-refractivity contribution >= 4 is 5.91 Å². The van der Waals surface area contributed by atoms with Crippen LogP contribution in [0.25, 0.3) is 10.4 Å². The highest BCUT2D eigenvalue weighted by molar-refractivity contribution is 5.81. The van der Waals surface area contributed by atoms with E-state index < -0.39 is 6.04 Å². The summed E-state index contributed by atoms with van der Waals surface area (Å²) in [4.78, 5) is 15.6. The third kappa shape index (κ3) is 2.80. The van der Waals surface area contributed by atoms with E-state index in [4.69, 9.17) is 5.53 Å². The van der Waals surface area contributed by atoms with Crippen molar-refractivity contribution in [3.8, 4) is 0 Å². The Morgan fingerprint density at radius 2 is 2.08 bits per heavy atom. The summed E-state index contributed by atoms with van der Waals surface area (Å²) in [6.45, 7) is 6.69. The molecule has 0 heterocycles. The predicted octanol–water partition coefficient (Wildman–Crippen LogP) is 1.55. The van der Waals surface area contributed by atoms with Crippen molar-refractivity contribution in [2.24, 2.45) is 5.11 Å². The van der Waals surface area contributed by atoms with Gasteiger partial charge in [0.05, 0.1) is 0 Å². The Labute approximate surface area is 72.0 Å². The molecule has 0 aromatic heterocycles. The van der Waals surface area contributed by atoms with E-state index in [0.717, 1.165) is 0 Å². The van der Waals surface area contributed by atoms with Gasteiger partial charge in [0, 0.05) is 18.0 Å². The smallest absolute Gasteiger partial charge is 0.231 e. The van der Waals surface area contributed by atoms with E-state index in [9.17, 15) is 4.79 Å². The van der Waals surface area contributed by atoms with E-state index in [0.29, 0.717) is 13.1 Å². The highest BCUT2D eigenvalue weighted by atomic mass is 16.2. The number of hydrogen-bond acceptors (Lipinski definition) is 2. The Bertz CT molecular complexity index is 194. The summed E-state index contributed by atoms with van der Waals surface area (Å²) < 4.78 is 0. The number of carbonyl (C=O) groups is 1. The lowest BCUT2D eigenvalue weighted by Gasteiger charge is -2.20. The Morgan fingerprint density at radius 3 is 2.42 bits per heavy atom. The van der Waals surface area contributed by atoms with E-state index in [1.165, 1.54) is 0 Å². The number of likely N-dealkylation sites (N-methyl/N-ethyl adjacent to an activating group) is 1. The molecule has 5 heteroatoms. The molecule has 5 nitrogen and oxygen atoms in total. The highest BCUT2D eigenvalue weighted by Gasteiger charge is 2.15. The molecule has 0 radical (unpaired) electrons. The van der Waals surface area contributed by atoms with E-state index in [2.05, 4.69) is 10.0 Å². The molecule has 12 heavy (non-hydrogen) atoms. The second-order valence-corrected chi connectivity index (χ2v) is 2.39. The van der Waals surface area contributed by atoms with Crippen LogP contribution in [0.3, 0.4) is 0 Å². The molecule has 0 N–H and O–H groups in total.